The summed E-state index contributed by atoms with van der Waals surface area (Å²) in [6, 6.07) is 7.22. The molecule has 1 amide bonds. The van der Waals surface area contributed by atoms with Crippen molar-refractivity contribution in [3.8, 4) is 5.75 Å². The minimum absolute atomic E-state index is 0.127. The predicted molar refractivity (Wildman–Crippen MR) is 151 cm³/mol. The van der Waals surface area contributed by atoms with Crippen molar-refractivity contribution in [3.63, 3.8) is 0 Å². The van der Waals surface area contributed by atoms with Gasteiger partial charge in [-0.3, -0.25) is 4.79 Å². The summed E-state index contributed by atoms with van der Waals surface area (Å²) < 4.78 is 7.40. The number of benzene rings is 1. The maximum Gasteiger partial charge on any atom is 0.271 e. The zero-order valence-corrected chi connectivity index (χ0v) is 23.5. The summed E-state index contributed by atoms with van der Waals surface area (Å²) in [5, 5.41) is 7.98. The summed E-state index contributed by atoms with van der Waals surface area (Å²) in [6.45, 7) is 5.17. The maximum atomic E-state index is 12.3. The molecule has 0 aliphatic heterocycles. The fraction of sp³-hybridized carbons (Fsp3) is 0.667. The molecule has 0 spiro atoms. The third-order valence-corrected chi connectivity index (χ3v) is 6.91. The number of amides is 1. The molecule has 1 aromatic carbocycles. The number of hydrogen-bond donors (Lipinski definition) is 1. The first-order valence-corrected chi connectivity index (χ1v) is 14.7. The van der Waals surface area contributed by atoms with Gasteiger partial charge in [-0.25, -0.2) is 4.68 Å². The van der Waals surface area contributed by atoms with Gasteiger partial charge in [0.05, 0.1) is 0 Å². The van der Waals surface area contributed by atoms with Crippen LogP contribution in [0.25, 0.3) is 0 Å². The van der Waals surface area contributed by atoms with Crippen molar-refractivity contribution in [1.29, 1.82) is 0 Å². The molecule has 202 valence electrons. The summed E-state index contributed by atoms with van der Waals surface area (Å²) in [6.07, 6.45) is 23.3. The highest BCUT2D eigenvalue weighted by molar-refractivity contribution is 6.30. The Kier molecular flexibility index (Phi) is 16.1. The van der Waals surface area contributed by atoms with Gasteiger partial charge in [0.2, 0.25) is 0 Å². The largest absolute Gasteiger partial charge is 0.471 e. The highest BCUT2D eigenvalue weighted by Crippen LogP contribution is 2.22. The second kappa shape index (κ2) is 19.1. The number of unbranched alkanes of at least 4 members (excludes halogenated alkanes) is 15. The van der Waals surface area contributed by atoms with E-state index in [4.69, 9.17) is 16.3 Å². The van der Waals surface area contributed by atoms with Crippen molar-refractivity contribution in [1.82, 2.24) is 15.1 Å². The minimum atomic E-state index is -0.127. The molecule has 6 heteroatoms. The molecule has 0 aliphatic rings. The lowest BCUT2D eigenvalue weighted by molar-refractivity contribution is 0.0946. The van der Waals surface area contributed by atoms with E-state index in [1.54, 1.807) is 23.0 Å². The standard InChI is InChI=1S/C30H48ClN3O2/c1-3-4-5-6-7-8-9-10-11-12-13-14-15-16-17-18-22-32-30(35)28-21-23-34(33-28)25-36-29-20-19-27(31)24-26(29)2/h19-21,23-24H,3-18,22,25H2,1-2H3,(H,32,35). The lowest BCUT2D eigenvalue weighted by Gasteiger charge is -2.09. The third-order valence-electron chi connectivity index (χ3n) is 6.68. The molecule has 0 radical (unpaired) electrons. The normalized spacial score (nSPS) is 11.1. The molecule has 0 fully saturated rings. The average molecular weight is 518 g/mol. The van der Waals surface area contributed by atoms with E-state index in [0.717, 1.165) is 17.7 Å². The molecule has 5 nitrogen and oxygen atoms in total. The summed E-state index contributed by atoms with van der Waals surface area (Å²) in [5.41, 5.74) is 1.38. The summed E-state index contributed by atoms with van der Waals surface area (Å²) >= 11 is 5.98. The van der Waals surface area contributed by atoms with Gasteiger partial charge in [-0.1, -0.05) is 115 Å². The minimum Gasteiger partial charge on any atom is -0.471 e. The zero-order chi connectivity index (χ0) is 25.8. The summed E-state index contributed by atoms with van der Waals surface area (Å²) in [4.78, 5) is 12.3. The molecule has 1 heterocycles. The molecule has 0 aliphatic carbocycles. The summed E-state index contributed by atoms with van der Waals surface area (Å²) in [5.74, 6) is 0.627. The Morgan fingerprint density at radius 3 is 1.97 bits per heavy atom. The Balaban J connectivity index is 1.41. The first-order chi connectivity index (χ1) is 17.6. The van der Waals surface area contributed by atoms with Crippen LogP contribution in [0.2, 0.25) is 5.02 Å². The van der Waals surface area contributed by atoms with Crippen LogP contribution in [0.3, 0.4) is 0 Å². The van der Waals surface area contributed by atoms with Gasteiger partial charge < -0.3 is 10.1 Å². The topological polar surface area (TPSA) is 56.2 Å². The van der Waals surface area contributed by atoms with Gasteiger partial charge in [0.15, 0.2) is 6.73 Å². The Labute approximate surface area is 224 Å². The lowest BCUT2D eigenvalue weighted by Crippen LogP contribution is -2.25. The van der Waals surface area contributed by atoms with Crippen LogP contribution in [0.1, 0.15) is 126 Å². The maximum absolute atomic E-state index is 12.3. The van der Waals surface area contributed by atoms with Crippen LogP contribution in [0, 0.1) is 6.92 Å². The molecule has 2 rings (SSSR count). The van der Waals surface area contributed by atoms with Crippen molar-refractivity contribution < 1.29 is 9.53 Å². The quantitative estimate of drug-likeness (QED) is 0.168. The van der Waals surface area contributed by atoms with E-state index in [0.29, 0.717) is 17.3 Å². The van der Waals surface area contributed by atoms with Crippen molar-refractivity contribution in [3.05, 3.63) is 46.7 Å². The van der Waals surface area contributed by atoms with E-state index in [2.05, 4.69) is 17.3 Å². The third kappa shape index (κ3) is 13.3. The van der Waals surface area contributed by atoms with E-state index >= 15 is 0 Å². The van der Waals surface area contributed by atoms with Crippen molar-refractivity contribution in [2.24, 2.45) is 0 Å². The van der Waals surface area contributed by atoms with Crippen LogP contribution < -0.4 is 10.1 Å². The molecule has 0 saturated carbocycles. The molecule has 36 heavy (non-hydrogen) atoms. The van der Waals surface area contributed by atoms with Crippen molar-refractivity contribution >= 4 is 17.5 Å². The van der Waals surface area contributed by atoms with Crippen LogP contribution in [-0.4, -0.2) is 22.2 Å². The number of ether oxygens (including phenoxy) is 1. The predicted octanol–water partition coefficient (Wildman–Crippen LogP) is 8.87. The molecular formula is C30H48ClN3O2. The molecule has 2 aromatic rings. The van der Waals surface area contributed by atoms with E-state index < -0.39 is 0 Å². The smallest absolute Gasteiger partial charge is 0.271 e. The average Bonchev–Trinajstić information content (AvgIpc) is 3.34. The number of carbonyl (C=O) groups is 1. The highest BCUT2D eigenvalue weighted by Gasteiger charge is 2.09. The van der Waals surface area contributed by atoms with Crippen LogP contribution in [0.4, 0.5) is 0 Å². The van der Waals surface area contributed by atoms with Gasteiger partial charge in [0.1, 0.15) is 11.4 Å². The molecule has 1 N–H and O–H groups in total. The number of carbonyl (C=O) groups excluding carboxylic acids is 1. The van der Waals surface area contributed by atoms with Gasteiger partial charge in [-0.05, 0) is 43.2 Å². The van der Waals surface area contributed by atoms with Crippen molar-refractivity contribution in [2.75, 3.05) is 6.54 Å². The Morgan fingerprint density at radius 2 is 1.42 bits per heavy atom. The Morgan fingerprint density at radius 1 is 0.861 bits per heavy atom. The number of nitrogens with zero attached hydrogens (tertiary/aromatic N) is 2. The molecule has 0 unspecified atom stereocenters. The van der Waals surface area contributed by atoms with Gasteiger partial charge in [0.25, 0.3) is 5.91 Å². The number of hydrogen-bond acceptors (Lipinski definition) is 3. The van der Waals surface area contributed by atoms with E-state index in [1.165, 1.54) is 96.3 Å². The first kappa shape index (κ1) is 30.2. The number of rotatable bonds is 21. The Bertz CT molecular complexity index is 852. The number of aryl methyl sites for hydroxylation is 1. The van der Waals surface area contributed by atoms with Gasteiger partial charge in [0, 0.05) is 17.8 Å². The van der Waals surface area contributed by atoms with Gasteiger partial charge in [-0.15, -0.1) is 0 Å². The highest BCUT2D eigenvalue weighted by atomic mass is 35.5. The molecule has 0 bridgehead atoms. The van der Waals surface area contributed by atoms with E-state index in [-0.39, 0.29) is 12.6 Å². The van der Waals surface area contributed by atoms with Gasteiger partial charge in [-0.2, -0.15) is 5.10 Å². The van der Waals surface area contributed by atoms with Crippen LogP contribution in [0.15, 0.2) is 30.5 Å². The second-order valence-electron chi connectivity index (χ2n) is 9.98. The molecule has 0 atom stereocenters. The molecule has 0 saturated heterocycles. The zero-order valence-electron chi connectivity index (χ0n) is 22.7. The van der Waals surface area contributed by atoms with Crippen molar-refractivity contribution in [2.45, 2.75) is 123 Å². The fourth-order valence-corrected chi connectivity index (χ4v) is 4.66. The van der Waals surface area contributed by atoms with Gasteiger partial charge >= 0.3 is 0 Å². The second-order valence-corrected chi connectivity index (χ2v) is 10.4. The number of halogens is 1. The monoisotopic (exact) mass is 517 g/mol. The van der Waals surface area contributed by atoms with Crippen LogP contribution in [-0.2, 0) is 6.73 Å². The SMILES string of the molecule is CCCCCCCCCCCCCCCCCCNC(=O)c1ccn(COc2ccc(Cl)cc2C)n1. The Hall–Kier alpha value is -2.01. The van der Waals surface area contributed by atoms with E-state index in [1.807, 2.05) is 19.1 Å². The molecular weight excluding hydrogens is 470 g/mol. The summed E-state index contributed by atoms with van der Waals surface area (Å²) in [7, 11) is 0. The van der Waals surface area contributed by atoms with Crippen LogP contribution in [0.5, 0.6) is 5.75 Å². The van der Waals surface area contributed by atoms with Crippen LogP contribution >= 0.6 is 11.6 Å². The van der Waals surface area contributed by atoms with E-state index in [9.17, 15) is 4.79 Å². The molecule has 1 aromatic heterocycles. The fourth-order valence-electron chi connectivity index (χ4n) is 4.43. The number of nitrogens with one attached hydrogen (secondary N) is 1. The number of aromatic nitrogens is 2. The first-order valence-electron chi connectivity index (χ1n) is 14.3. The lowest BCUT2D eigenvalue weighted by atomic mass is 10.0.